The number of nitrogens with zero attached hydrogens (tertiary/aromatic N) is 1. The van der Waals surface area contributed by atoms with Gasteiger partial charge in [0.2, 0.25) is 5.91 Å². The monoisotopic (exact) mass is 219 g/mol. The molecule has 1 aromatic carbocycles. The Balaban J connectivity index is 3.03. The molecule has 0 radical (unpaired) electrons. The number of aryl methyl sites for hydroxylation is 1. The van der Waals surface area contributed by atoms with Gasteiger partial charge in [0.25, 0.3) is 0 Å². The highest BCUT2D eigenvalue weighted by molar-refractivity contribution is 5.87. The van der Waals surface area contributed by atoms with Gasteiger partial charge in [-0.05, 0) is 24.1 Å². The lowest BCUT2D eigenvalue weighted by atomic mass is 10.0. The van der Waals surface area contributed by atoms with E-state index >= 15 is 0 Å². The minimum Gasteiger partial charge on any atom is -0.394 e. The third kappa shape index (κ3) is 2.49. The predicted molar refractivity (Wildman–Crippen MR) is 64.0 cm³/mol. The molecule has 3 heteroatoms. The Morgan fingerprint density at radius 2 is 2.19 bits per heavy atom. The van der Waals surface area contributed by atoms with E-state index in [9.17, 15) is 9.90 Å². The van der Waals surface area contributed by atoms with Gasteiger partial charge in [-0.2, -0.15) is 0 Å². The Bertz CT molecular complexity index is 387. The van der Waals surface area contributed by atoms with Crippen molar-refractivity contribution in [2.24, 2.45) is 0 Å². The maximum absolute atomic E-state index is 11.5. The van der Waals surface area contributed by atoms with Crippen LogP contribution in [0.15, 0.2) is 36.9 Å². The Hall–Kier alpha value is -1.61. The van der Waals surface area contributed by atoms with Crippen LogP contribution in [0.25, 0.3) is 0 Å². The first-order chi connectivity index (χ1) is 7.61. The first kappa shape index (κ1) is 12.5. The van der Waals surface area contributed by atoms with Crippen LogP contribution >= 0.6 is 0 Å². The summed E-state index contributed by atoms with van der Waals surface area (Å²) in [5.74, 6) is -0.192. The van der Waals surface area contributed by atoms with Crippen LogP contribution in [-0.2, 0) is 4.79 Å². The van der Waals surface area contributed by atoms with E-state index in [1.165, 1.54) is 11.0 Å². The molecule has 1 aromatic rings. The fraction of sp³-hybridized carbons (Fsp3) is 0.308. The number of hydrogen-bond donors (Lipinski definition) is 1. The van der Waals surface area contributed by atoms with E-state index in [4.69, 9.17) is 0 Å². The van der Waals surface area contributed by atoms with Gasteiger partial charge >= 0.3 is 0 Å². The number of aliphatic hydroxyl groups is 1. The van der Waals surface area contributed by atoms with E-state index in [0.717, 1.165) is 11.1 Å². The van der Waals surface area contributed by atoms with Crippen molar-refractivity contribution in [3.8, 4) is 0 Å². The van der Waals surface area contributed by atoms with Crippen molar-refractivity contribution in [3.05, 3.63) is 48.0 Å². The second kappa shape index (κ2) is 5.47. The molecule has 0 aromatic heterocycles. The van der Waals surface area contributed by atoms with E-state index in [0.29, 0.717) is 0 Å². The molecule has 1 amide bonds. The van der Waals surface area contributed by atoms with Gasteiger partial charge < -0.3 is 10.0 Å². The average molecular weight is 219 g/mol. The molecule has 86 valence electrons. The van der Waals surface area contributed by atoms with E-state index < -0.39 is 0 Å². The number of likely N-dealkylation sites (N-methyl/N-ethyl adjacent to an activating group) is 1. The molecule has 16 heavy (non-hydrogen) atoms. The zero-order valence-corrected chi connectivity index (χ0v) is 9.68. The third-order valence-electron chi connectivity index (χ3n) is 2.71. The second-order valence-electron chi connectivity index (χ2n) is 3.71. The molecule has 1 N–H and O–H groups in total. The lowest BCUT2D eigenvalue weighted by Gasteiger charge is -2.27. The van der Waals surface area contributed by atoms with Crippen LogP contribution in [-0.4, -0.2) is 29.6 Å². The first-order valence-electron chi connectivity index (χ1n) is 5.17. The fourth-order valence-electron chi connectivity index (χ4n) is 1.69. The summed E-state index contributed by atoms with van der Waals surface area (Å²) in [6.45, 7) is 5.31. The maximum atomic E-state index is 11.5. The Kier molecular flexibility index (Phi) is 4.26. The molecule has 0 saturated heterocycles. The Labute approximate surface area is 96.0 Å². The van der Waals surface area contributed by atoms with Crippen LogP contribution in [0.5, 0.6) is 0 Å². The lowest BCUT2D eigenvalue weighted by molar-refractivity contribution is -0.127. The van der Waals surface area contributed by atoms with Crippen molar-refractivity contribution < 1.29 is 9.90 Å². The number of hydrogen-bond acceptors (Lipinski definition) is 2. The summed E-state index contributed by atoms with van der Waals surface area (Å²) in [5.41, 5.74) is 2.02. The van der Waals surface area contributed by atoms with Gasteiger partial charge in [-0.1, -0.05) is 30.8 Å². The van der Waals surface area contributed by atoms with Crippen LogP contribution in [0.2, 0.25) is 0 Å². The molecule has 0 saturated carbocycles. The van der Waals surface area contributed by atoms with E-state index in [1.54, 1.807) is 7.05 Å². The smallest absolute Gasteiger partial charge is 0.246 e. The summed E-state index contributed by atoms with van der Waals surface area (Å²) in [6, 6.07) is 7.40. The minimum absolute atomic E-state index is 0.0963. The SMILES string of the molecule is C=CC(=O)N(C)C(CO)c1ccccc1C. The van der Waals surface area contributed by atoms with Crippen molar-refractivity contribution in [2.75, 3.05) is 13.7 Å². The van der Waals surface area contributed by atoms with Crippen LogP contribution in [0, 0.1) is 6.92 Å². The van der Waals surface area contributed by atoms with Crippen molar-refractivity contribution in [2.45, 2.75) is 13.0 Å². The van der Waals surface area contributed by atoms with Gasteiger partial charge in [-0.25, -0.2) is 0 Å². The summed E-state index contributed by atoms with van der Waals surface area (Å²) >= 11 is 0. The molecular weight excluding hydrogens is 202 g/mol. The molecular formula is C13H17NO2. The predicted octanol–water partition coefficient (Wildman–Crippen LogP) is 1.67. The molecule has 0 aliphatic heterocycles. The van der Waals surface area contributed by atoms with Gasteiger partial charge in [-0.3, -0.25) is 4.79 Å². The molecule has 0 aliphatic rings. The van der Waals surface area contributed by atoms with Crippen LogP contribution < -0.4 is 0 Å². The number of aliphatic hydroxyl groups excluding tert-OH is 1. The molecule has 0 heterocycles. The molecule has 1 unspecified atom stereocenters. The van der Waals surface area contributed by atoms with Crippen LogP contribution in [0.1, 0.15) is 17.2 Å². The van der Waals surface area contributed by atoms with Crippen LogP contribution in [0.4, 0.5) is 0 Å². The molecule has 0 bridgehead atoms. The van der Waals surface area contributed by atoms with Crippen LogP contribution in [0.3, 0.4) is 0 Å². The molecule has 1 rings (SSSR count). The minimum atomic E-state index is -0.313. The van der Waals surface area contributed by atoms with Gasteiger partial charge in [0, 0.05) is 7.05 Å². The molecule has 3 nitrogen and oxygen atoms in total. The van der Waals surface area contributed by atoms with Crippen molar-refractivity contribution in [3.63, 3.8) is 0 Å². The van der Waals surface area contributed by atoms with Gasteiger partial charge in [0.1, 0.15) is 0 Å². The molecule has 0 spiro atoms. The maximum Gasteiger partial charge on any atom is 0.246 e. The first-order valence-corrected chi connectivity index (χ1v) is 5.17. The summed E-state index contributed by atoms with van der Waals surface area (Å²) < 4.78 is 0. The van der Waals surface area contributed by atoms with Crippen molar-refractivity contribution in [1.82, 2.24) is 4.90 Å². The number of amides is 1. The zero-order chi connectivity index (χ0) is 12.1. The molecule has 0 fully saturated rings. The Morgan fingerprint density at radius 1 is 1.56 bits per heavy atom. The zero-order valence-electron chi connectivity index (χ0n) is 9.68. The highest BCUT2D eigenvalue weighted by atomic mass is 16.3. The van der Waals surface area contributed by atoms with E-state index in [2.05, 4.69) is 6.58 Å². The fourth-order valence-corrected chi connectivity index (χ4v) is 1.69. The largest absolute Gasteiger partial charge is 0.394 e. The van der Waals surface area contributed by atoms with E-state index in [1.807, 2.05) is 31.2 Å². The normalized spacial score (nSPS) is 11.9. The summed E-state index contributed by atoms with van der Waals surface area (Å²) in [4.78, 5) is 13.0. The number of rotatable bonds is 4. The van der Waals surface area contributed by atoms with Gasteiger partial charge in [0.05, 0.1) is 12.6 Å². The highest BCUT2D eigenvalue weighted by Gasteiger charge is 2.20. The Morgan fingerprint density at radius 3 is 2.69 bits per heavy atom. The van der Waals surface area contributed by atoms with E-state index in [-0.39, 0.29) is 18.6 Å². The highest BCUT2D eigenvalue weighted by Crippen LogP contribution is 2.22. The summed E-state index contributed by atoms with van der Waals surface area (Å²) in [5, 5.41) is 9.39. The summed E-state index contributed by atoms with van der Waals surface area (Å²) in [6.07, 6.45) is 1.25. The van der Waals surface area contributed by atoms with Gasteiger partial charge in [0.15, 0.2) is 0 Å². The molecule has 1 atom stereocenters. The second-order valence-corrected chi connectivity index (χ2v) is 3.71. The van der Waals surface area contributed by atoms with Crippen molar-refractivity contribution >= 4 is 5.91 Å². The van der Waals surface area contributed by atoms with Gasteiger partial charge in [-0.15, -0.1) is 0 Å². The number of carbonyl (C=O) groups is 1. The number of benzene rings is 1. The summed E-state index contributed by atoms with van der Waals surface area (Å²) in [7, 11) is 1.66. The number of carbonyl (C=O) groups excluding carboxylic acids is 1. The quantitative estimate of drug-likeness (QED) is 0.783. The lowest BCUT2D eigenvalue weighted by Crippen LogP contribution is -2.32. The standard InChI is InChI=1S/C13H17NO2/c1-4-13(16)14(3)12(9-15)11-8-6-5-7-10(11)2/h4-8,12,15H,1,9H2,2-3H3. The average Bonchev–Trinajstić information content (AvgIpc) is 2.31. The van der Waals surface area contributed by atoms with Crippen molar-refractivity contribution in [1.29, 1.82) is 0 Å². The topological polar surface area (TPSA) is 40.5 Å². The third-order valence-corrected chi connectivity index (χ3v) is 2.71. The molecule has 0 aliphatic carbocycles.